The van der Waals surface area contributed by atoms with Gasteiger partial charge in [-0.15, -0.1) is 0 Å². The highest BCUT2D eigenvalue weighted by molar-refractivity contribution is 6.05. The zero-order valence-electron chi connectivity index (χ0n) is 15.4. The van der Waals surface area contributed by atoms with Crippen molar-refractivity contribution in [2.24, 2.45) is 0 Å². The number of aromatic hydroxyl groups is 1. The van der Waals surface area contributed by atoms with Crippen LogP contribution < -0.4 is 10.2 Å². The van der Waals surface area contributed by atoms with Crippen LogP contribution in [0.5, 0.6) is 5.75 Å². The van der Waals surface area contributed by atoms with Gasteiger partial charge >= 0.3 is 0 Å². The molecule has 27 heavy (non-hydrogen) atoms. The van der Waals surface area contributed by atoms with Gasteiger partial charge in [-0.1, -0.05) is 24.3 Å². The number of carbonyl (C=O) groups excluding carboxylic acids is 1. The van der Waals surface area contributed by atoms with Crippen molar-refractivity contribution in [3.63, 3.8) is 0 Å². The Morgan fingerprint density at radius 2 is 2.07 bits per heavy atom. The molecule has 1 amide bonds. The highest BCUT2D eigenvalue weighted by Gasteiger charge is 2.28. The van der Waals surface area contributed by atoms with E-state index < -0.39 is 0 Å². The molecule has 5 heteroatoms. The Labute approximate surface area is 158 Å². The SMILES string of the molecule is Cc1ccc(NC(=O)c2ccoc2CN2c3ccccc3CC2C)c(O)c1. The van der Waals surface area contributed by atoms with E-state index in [0.29, 0.717) is 29.6 Å². The molecule has 2 heterocycles. The van der Waals surface area contributed by atoms with E-state index in [1.807, 2.05) is 19.1 Å². The highest BCUT2D eigenvalue weighted by Crippen LogP contribution is 2.34. The first-order valence-electron chi connectivity index (χ1n) is 9.05. The fourth-order valence-electron chi connectivity index (χ4n) is 3.63. The quantitative estimate of drug-likeness (QED) is 0.671. The molecule has 0 saturated heterocycles. The molecule has 0 aliphatic carbocycles. The molecule has 0 saturated carbocycles. The molecular weight excluding hydrogens is 340 g/mol. The summed E-state index contributed by atoms with van der Waals surface area (Å²) < 4.78 is 5.63. The van der Waals surface area contributed by atoms with Crippen LogP contribution in [0.15, 0.2) is 59.2 Å². The molecule has 138 valence electrons. The number of benzene rings is 2. The van der Waals surface area contributed by atoms with Crippen LogP contribution in [0.1, 0.15) is 34.2 Å². The number of furan rings is 1. The molecule has 1 atom stereocenters. The van der Waals surface area contributed by atoms with Gasteiger partial charge < -0.3 is 19.7 Å². The highest BCUT2D eigenvalue weighted by atomic mass is 16.3. The van der Waals surface area contributed by atoms with Gasteiger partial charge in [-0.2, -0.15) is 0 Å². The molecule has 2 N–H and O–H groups in total. The lowest BCUT2D eigenvalue weighted by atomic mass is 10.1. The van der Waals surface area contributed by atoms with Gasteiger partial charge in [0.15, 0.2) is 0 Å². The average molecular weight is 362 g/mol. The summed E-state index contributed by atoms with van der Waals surface area (Å²) in [5, 5.41) is 12.8. The fraction of sp³-hybridized carbons (Fsp3) is 0.227. The number of fused-ring (bicyclic) bond motifs is 1. The Hall–Kier alpha value is -3.21. The van der Waals surface area contributed by atoms with Crippen molar-refractivity contribution in [2.45, 2.75) is 32.9 Å². The molecule has 3 aromatic rings. The second-order valence-electron chi connectivity index (χ2n) is 7.04. The first kappa shape index (κ1) is 17.2. The molecule has 1 aliphatic rings. The third-order valence-corrected chi connectivity index (χ3v) is 5.05. The molecule has 1 aromatic heterocycles. The second kappa shape index (κ2) is 6.83. The van der Waals surface area contributed by atoms with Crippen molar-refractivity contribution in [1.82, 2.24) is 0 Å². The summed E-state index contributed by atoms with van der Waals surface area (Å²) in [6, 6.07) is 15.5. The van der Waals surface area contributed by atoms with Crippen LogP contribution in [0, 0.1) is 6.92 Å². The van der Waals surface area contributed by atoms with Crippen molar-refractivity contribution < 1.29 is 14.3 Å². The summed E-state index contributed by atoms with van der Waals surface area (Å²) in [6.07, 6.45) is 2.52. The number of para-hydroxylation sites is 1. The molecular formula is C22H22N2O3. The monoisotopic (exact) mass is 362 g/mol. The lowest BCUT2D eigenvalue weighted by Crippen LogP contribution is -2.29. The van der Waals surface area contributed by atoms with Crippen molar-refractivity contribution >= 4 is 17.3 Å². The number of hydrogen-bond acceptors (Lipinski definition) is 4. The summed E-state index contributed by atoms with van der Waals surface area (Å²) >= 11 is 0. The van der Waals surface area contributed by atoms with Gasteiger partial charge in [0.1, 0.15) is 11.5 Å². The van der Waals surface area contributed by atoms with Crippen LogP contribution >= 0.6 is 0 Å². The van der Waals surface area contributed by atoms with Gasteiger partial charge in [0.2, 0.25) is 0 Å². The van der Waals surface area contributed by atoms with E-state index in [1.165, 1.54) is 17.5 Å². The molecule has 0 spiro atoms. The smallest absolute Gasteiger partial charge is 0.259 e. The fourth-order valence-corrected chi connectivity index (χ4v) is 3.63. The van der Waals surface area contributed by atoms with E-state index in [-0.39, 0.29) is 11.7 Å². The zero-order valence-corrected chi connectivity index (χ0v) is 15.4. The molecule has 4 rings (SSSR count). The number of anilines is 2. The molecule has 5 nitrogen and oxygen atoms in total. The first-order chi connectivity index (χ1) is 13.0. The maximum absolute atomic E-state index is 12.7. The number of aryl methyl sites for hydroxylation is 1. The third kappa shape index (κ3) is 3.28. The van der Waals surface area contributed by atoms with Gasteiger partial charge in [-0.25, -0.2) is 0 Å². The maximum atomic E-state index is 12.7. The zero-order chi connectivity index (χ0) is 19.0. The molecule has 0 fully saturated rings. The maximum Gasteiger partial charge on any atom is 0.259 e. The van der Waals surface area contributed by atoms with Crippen molar-refractivity contribution in [3.8, 4) is 5.75 Å². The number of nitrogens with one attached hydrogen (secondary N) is 1. The largest absolute Gasteiger partial charge is 0.506 e. The second-order valence-corrected chi connectivity index (χ2v) is 7.04. The van der Waals surface area contributed by atoms with Crippen LogP contribution in [-0.4, -0.2) is 17.1 Å². The topological polar surface area (TPSA) is 65.7 Å². The first-order valence-corrected chi connectivity index (χ1v) is 9.05. The van der Waals surface area contributed by atoms with Crippen LogP contribution in [0.3, 0.4) is 0 Å². The number of amides is 1. The number of phenols is 1. The molecule has 1 unspecified atom stereocenters. The molecule has 0 radical (unpaired) electrons. The minimum absolute atomic E-state index is 0.0514. The summed E-state index contributed by atoms with van der Waals surface area (Å²) in [5.41, 5.74) is 4.29. The summed E-state index contributed by atoms with van der Waals surface area (Å²) in [7, 11) is 0. The van der Waals surface area contributed by atoms with E-state index in [9.17, 15) is 9.90 Å². The Kier molecular flexibility index (Phi) is 4.36. The number of nitrogens with zero attached hydrogens (tertiary/aromatic N) is 1. The number of carbonyl (C=O) groups is 1. The predicted octanol–water partition coefficient (Wildman–Crippen LogP) is 4.50. The Bertz CT molecular complexity index is 993. The Morgan fingerprint density at radius 3 is 2.89 bits per heavy atom. The van der Waals surface area contributed by atoms with E-state index >= 15 is 0 Å². The summed E-state index contributed by atoms with van der Waals surface area (Å²) in [6.45, 7) is 4.58. The van der Waals surface area contributed by atoms with Gasteiger partial charge in [0.05, 0.1) is 24.1 Å². The van der Waals surface area contributed by atoms with Crippen molar-refractivity contribution in [1.29, 1.82) is 0 Å². The van der Waals surface area contributed by atoms with E-state index in [2.05, 4.69) is 35.3 Å². The lowest BCUT2D eigenvalue weighted by Gasteiger charge is -2.24. The lowest BCUT2D eigenvalue weighted by molar-refractivity contribution is 0.102. The van der Waals surface area contributed by atoms with Gasteiger partial charge in [-0.3, -0.25) is 4.79 Å². The van der Waals surface area contributed by atoms with E-state index in [0.717, 1.165) is 12.0 Å². The minimum atomic E-state index is -0.293. The molecule has 1 aliphatic heterocycles. The standard InChI is InChI=1S/C22H22N2O3/c1-14-7-8-18(20(25)11-14)23-22(26)17-9-10-27-21(17)13-24-15(2)12-16-5-3-4-6-19(16)24/h3-11,15,25H,12-13H2,1-2H3,(H,23,26). The predicted molar refractivity (Wildman–Crippen MR) is 105 cm³/mol. The van der Waals surface area contributed by atoms with Crippen LogP contribution in [0.4, 0.5) is 11.4 Å². The van der Waals surface area contributed by atoms with Crippen LogP contribution in [-0.2, 0) is 13.0 Å². The van der Waals surface area contributed by atoms with Gasteiger partial charge in [-0.05, 0) is 55.7 Å². The number of hydrogen-bond donors (Lipinski definition) is 2. The van der Waals surface area contributed by atoms with Crippen molar-refractivity contribution in [3.05, 3.63) is 77.2 Å². The Morgan fingerprint density at radius 1 is 1.26 bits per heavy atom. The third-order valence-electron chi connectivity index (χ3n) is 5.05. The Balaban J connectivity index is 1.55. The summed E-state index contributed by atoms with van der Waals surface area (Å²) in [4.78, 5) is 15.0. The number of rotatable bonds is 4. The van der Waals surface area contributed by atoms with E-state index in [1.54, 1.807) is 18.2 Å². The average Bonchev–Trinajstić information content (AvgIpc) is 3.23. The van der Waals surface area contributed by atoms with Crippen LogP contribution in [0.25, 0.3) is 0 Å². The minimum Gasteiger partial charge on any atom is -0.506 e. The molecule has 0 bridgehead atoms. The summed E-state index contributed by atoms with van der Waals surface area (Å²) in [5.74, 6) is 0.371. The van der Waals surface area contributed by atoms with Gasteiger partial charge in [0.25, 0.3) is 5.91 Å². The van der Waals surface area contributed by atoms with Crippen LogP contribution in [0.2, 0.25) is 0 Å². The molecule has 2 aromatic carbocycles. The normalized spacial score (nSPS) is 15.6. The van der Waals surface area contributed by atoms with Crippen molar-refractivity contribution in [2.75, 3.05) is 10.2 Å². The van der Waals surface area contributed by atoms with E-state index in [4.69, 9.17) is 4.42 Å². The van der Waals surface area contributed by atoms with Gasteiger partial charge in [0, 0.05) is 11.7 Å². The number of phenolic OH excluding ortho intramolecular Hbond substituents is 1.